The van der Waals surface area contributed by atoms with Crippen LogP contribution in [0.15, 0.2) is 59.5 Å². The normalized spacial score (nSPS) is 17.1. The molecule has 27 heavy (non-hydrogen) atoms. The molecule has 0 aromatic heterocycles. The summed E-state index contributed by atoms with van der Waals surface area (Å²) in [7, 11) is 0. The topological polar surface area (TPSA) is 12.5 Å². The number of alkyl halides is 1. The molecule has 0 aliphatic carbocycles. The molecule has 5 heteroatoms. The van der Waals surface area contributed by atoms with Crippen LogP contribution in [0.1, 0.15) is 18.4 Å². The second kappa shape index (κ2) is 10.2. The molecule has 146 valence electrons. The highest BCUT2D eigenvalue weighted by atomic mass is 32.2. The Kier molecular flexibility index (Phi) is 7.68. The number of ether oxygens (including phenoxy) is 1. The molecule has 1 aliphatic rings. The number of piperidine rings is 1. The first-order valence-electron chi connectivity index (χ1n) is 9.54. The van der Waals surface area contributed by atoms with Crippen molar-refractivity contribution in [3.63, 3.8) is 0 Å². The first kappa shape index (κ1) is 20.3. The molecule has 0 bridgehead atoms. The molecular formula is C22H27F2NOS. The maximum absolute atomic E-state index is 13.1. The fourth-order valence-electron chi connectivity index (χ4n) is 3.45. The van der Waals surface area contributed by atoms with Crippen LogP contribution >= 0.6 is 11.8 Å². The molecule has 0 amide bonds. The van der Waals surface area contributed by atoms with Crippen molar-refractivity contribution in [1.82, 2.24) is 4.90 Å². The second-order valence-corrected chi connectivity index (χ2v) is 8.09. The van der Waals surface area contributed by atoms with Crippen molar-refractivity contribution in [3.05, 3.63) is 66.0 Å². The van der Waals surface area contributed by atoms with Crippen LogP contribution in [0.3, 0.4) is 0 Å². The standard InChI is InChI=1S/C22H27F2NOS/c23-13-17-26-22(18-27-21-8-6-20(24)7-9-21)11-15-25(16-12-22)14-10-19-4-2-1-3-5-19/h1-9H,10-18H2. The largest absolute Gasteiger partial charge is 0.371 e. The van der Waals surface area contributed by atoms with Gasteiger partial charge in [0.15, 0.2) is 0 Å². The van der Waals surface area contributed by atoms with E-state index < -0.39 is 6.67 Å². The lowest BCUT2D eigenvalue weighted by atomic mass is 9.92. The lowest BCUT2D eigenvalue weighted by Crippen LogP contribution is -2.48. The van der Waals surface area contributed by atoms with E-state index >= 15 is 0 Å². The van der Waals surface area contributed by atoms with Crippen molar-refractivity contribution in [2.45, 2.75) is 29.8 Å². The molecule has 3 rings (SSSR count). The maximum atomic E-state index is 13.1. The summed E-state index contributed by atoms with van der Waals surface area (Å²) in [5, 5.41) is 0. The third kappa shape index (κ3) is 6.30. The summed E-state index contributed by atoms with van der Waals surface area (Å²) in [5.74, 6) is 0.542. The molecule has 0 unspecified atom stereocenters. The Labute approximate surface area is 164 Å². The number of benzene rings is 2. The molecule has 2 aromatic carbocycles. The van der Waals surface area contributed by atoms with Crippen LogP contribution in [0.2, 0.25) is 0 Å². The van der Waals surface area contributed by atoms with Gasteiger partial charge < -0.3 is 9.64 Å². The van der Waals surface area contributed by atoms with Gasteiger partial charge in [-0.3, -0.25) is 0 Å². The Morgan fingerprint density at radius 2 is 1.70 bits per heavy atom. The summed E-state index contributed by atoms with van der Waals surface area (Å²) < 4.78 is 31.8. The Balaban J connectivity index is 1.51. The van der Waals surface area contributed by atoms with Crippen molar-refractivity contribution in [3.8, 4) is 0 Å². The molecule has 1 heterocycles. The predicted octanol–water partition coefficient (Wildman–Crippen LogP) is 4.98. The fourth-order valence-corrected chi connectivity index (χ4v) is 4.58. The van der Waals surface area contributed by atoms with Crippen molar-refractivity contribution < 1.29 is 13.5 Å². The Morgan fingerprint density at radius 3 is 2.37 bits per heavy atom. The third-order valence-electron chi connectivity index (χ3n) is 5.13. The first-order chi connectivity index (χ1) is 13.2. The smallest absolute Gasteiger partial charge is 0.123 e. The molecule has 1 fully saturated rings. The van der Waals surface area contributed by atoms with Crippen LogP contribution in [-0.4, -0.2) is 49.2 Å². The second-order valence-electron chi connectivity index (χ2n) is 7.04. The summed E-state index contributed by atoms with van der Waals surface area (Å²) in [6.45, 7) is 2.65. The zero-order valence-electron chi connectivity index (χ0n) is 15.6. The van der Waals surface area contributed by atoms with Crippen LogP contribution < -0.4 is 0 Å². The van der Waals surface area contributed by atoms with Crippen LogP contribution in [0.25, 0.3) is 0 Å². The van der Waals surface area contributed by atoms with Gasteiger partial charge in [0.25, 0.3) is 0 Å². The lowest BCUT2D eigenvalue weighted by molar-refractivity contribution is -0.0706. The highest BCUT2D eigenvalue weighted by molar-refractivity contribution is 7.99. The molecule has 2 nitrogen and oxygen atoms in total. The Morgan fingerprint density at radius 1 is 1.00 bits per heavy atom. The van der Waals surface area contributed by atoms with Crippen LogP contribution in [0.5, 0.6) is 0 Å². The van der Waals surface area contributed by atoms with E-state index in [9.17, 15) is 8.78 Å². The van der Waals surface area contributed by atoms with Gasteiger partial charge in [0.1, 0.15) is 12.5 Å². The number of halogens is 2. The van der Waals surface area contributed by atoms with Crippen LogP contribution in [-0.2, 0) is 11.2 Å². The first-order valence-corrected chi connectivity index (χ1v) is 10.5. The average Bonchev–Trinajstić information content (AvgIpc) is 2.72. The zero-order valence-corrected chi connectivity index (χ0v) is 16.4. The van der Waals surface area contributed by atoms with Crippen molar-refractivity contribution in [1.29, 1.82) is 0 Å². The summed E-state index contributed by atoms with van der Waals surface area (Å²) in [6, 6.07) is 17.1. The van der Waals surface area contributed by atoms with Gasteiger partial charge in [0.05, 0.1) is 12.2 Å². The van der Waals surface area contributed by atoms with E-state index in [1.165, 1.54) is 17.7 Å². The van der Waals surface area contributed by atoms with Crippen molar-refractivity contribution in [2.75, 3.05) is 38.7 Å². The minimum atomic E-state index is -0.458. The van der Waals surface area contributed by atoms with E-state index in [1.54, 1.807) is 23.9 Å². The SMILES string of the molecule is FCCOC1(CSc2ccc(F)cc2)CCN(CCc2ccccc2)CC1. The number of hydrogen-bond acceptors (Lipinski definition) is 3. The maximum Gasteiger partial charge on any atom is 0.123 e. The highest BCUT2D eigenvalue weighted by Gasteiger charge is 2.35. The highest BCUT2D eigenvalue weighted by Crippen LogP contribution is 2.33. The molecule has 0 saturated carbocycles. The van der Waals surface area contributed by atoms with Crippen molar-refractivity contribution in [2.24, 2.45) is 0 Å². The van der Waals surface area contributed by atoms with Gasteiger partial charge in [-0.1, -0.05) is 30.3 Å². The summed E-state index contributed by atoms with van der Waals surface area (Å²) in [5.41, 5.74) is 1.06. The summed E-state index contributed by atoms with van der Waals surface area (Å²) in [6.07, 6.45) is 2.84. The molecule has 0 radical (unpaired) electrons. The fraction of sp³-hybridized carbons (Fsp3) is 0.455. The van der Waals surface area contributed by atoms with E-state index in [0.717, 1.165) is 49.5 Å². The van der Waals surface area contributed by atoms with E-state index in [1.807, 2.05) is 6.07 Å². The molecule has 0 N–H and O–H groups in total. The minimum absolute atomic E-state index is 0.147. The van der Waals surface area contributed by atoms with Gasteiger partial charge in [0, 0.05) is 30.3 Å². The predicted molar refractivity (Wildman–Crippen MR) is 108 cm³/mol. The number of rotatable bonds is 9. The molecule has 0 spiro atoms. The van der Waals surface area contributed by atoms with E-state index in [-0.39, 0.29) is 18.0 Å². The van der Waals surface area contributed by atoms with E-state index in [4.69, 9.17) is 4.74 Å². The molecule has 2 aromatic rings. The van der Waals surface area contributed by atoms with E-state index in [2.05, 4.69) is 29.2 Å². The summed E-state index contributed by atoms with van der Waals surface area (Å²) in [4.78, 5) is 3.48. The number of likely N-dealkylation sites (tertiary alicyclic amines) is 1. The van der Waals surface area contributed by atoms with E-state index in [0.29, 0.717) is 0 Å². The lowest BCUT2D eigenvalue weighted by Gasteiger charge is -2.41. The zero-order chi connectivity index (χ0) is 19.0. The number of thioether (sulfide) groups is 1. The van der Waals surface area contributed by atoms with Gasteiger partial charge in [-0.2, -0.15) is 0 Å². The number of hydrogen-bond donors (Lipinski definition) is 0. The van der Waals surface area contributed by atoms with Gasteiger partial charge in [0.2, 0.25) is 0 Å². The minimum Gasteiger partial charge on any atom is -0.371 e. The van der Waals surface area contributed by atoms with Crippen molar-refractivity contribution >= 4 is 11.8 Å². The van der Waals surface area contributed by atoms with Gasteiger partial charge >= 0.3 is 0 Å². The van der Waals surface area contributed by atoms with Crippen LogP contribution in [0.4, 0.5) is 8.78 Å². The summed E-state index contributed by atoms with van der Waals surface area (Å²) >= 11 is 1.66. The molecule has 1 saturated heterocycles. The molecular weight excluding hydrogens is 364 g/mol. The van der Waals surface area contributed by atoms with Gasteiger partial charge in [-0.05, 0) is 49.1 Å². The number of nitrogens with zero attached hydrogens (tertiary/aromatic N) is 1. The van der Waals surface area contributed by atoms with Gasteiger partial charge in [-0.15, -0.1) is 11.8 Å². The Hall–Kier alpha value is -1.43. The molecule has 1 aliphatic heterocycles. The third-order valence-corrected chi connectivity index (χ3v) is 6.40. The average molecular weight is 392 g/mol. The molecule has 0 atom stereocenters. The quantitative estimate of drug-likeness (QED) is 0.559. The van der Waals surface area contributed by atoms with Crippen LogP contribution in [0, 0.1) is 5.82 Å². The Bertz CT molecular complexity index is 672. The van der Waals surface area contributed by atoms with Gasteiger partial charge in [-0.25, -0.2) is 8.78 Å². The monoisotopic (exact) mass is 391 g/mol.